The molecule has 0 aliphatic carbocycles. The molecular weight excluding hydrogens is 434 g/mol. The van der Waals surface area contributed by atoms with Crippen molar-refractivity contribution in [1.29, 1.82) is 0 Å². The fourth-order valence-electron chi connectivity index (χ4n) is 2.03. The van der Waals surface area contributed by atoms with Crippen LogP contribution in [0.1, 0.15) is 25.8 Å². The molecule has 0 amide bonds. The van der Waals surface area contributed by atoms with Gasteiger partial charge < -0.3 is 15.4 Å². The van der Waals surface area contributed by atoms with Gasteiger partial charge in [-0.05, 0) is 31.5 Å². The third-order valence-electron chi connectivity index (χ3n) is 3.15. The minimum Gasteiger partial charge on any atom is -0.439 e. The molecule has 0 saturated heterocycles. The number of nitrogens with one attached hydrogen (secondary N) is 2. The number of ether oxygens (including phenoxy) is 1. The van der Waals surface area contributed by atoms with Gasteiger partial charge in [0.05, 0.1) is 6.54 Å². The van der Waals surface area contributed by atoms with Gasteiger partial charge >= 0.3 is 0 Å². The second-order valence-electron chi connectivity index (χ2n) is 5.15. The van der Waals surface area contributed by atoms with E-state index < -0.39 is 0 Å². The van der Waals surface area contributed by atoms with E-state index in [9.17, 15) is 4.39 Å². The number of hydrogen-bond acceptors (Lipinski definition) is 3. The van der Waals surface area contributed by atoms with Crippen LogP contribution in [0.3, 0.4) is 0 Å². The Bertz CT molecular complexity index is 682. The summed E-state index contributed by atoms with van der Waals surface area (Å²) in [5.74, 6) is 1.24. The summed E-state index contributed by atoms with van der Waals surface area (Å²) in [6, 6.07) is 9.72. The maximum atomic E-state index is 13.3. The predicted molar refractivity (Wildman–Crippen MR) is 109 cm³/mol. The Morgan fingerprint density at radius 1 is 1.20 bits per heavy atom. The fraction of sp³-hybridized carbons (Fsp3) is 0.333. The number of pyridine rings is 1. The van der Waals surface area contributed by atoms with Crippen LogP contribution in [-0.4, -0.2) is 24.0 Å². The molecule has 2 aromatic rings. The lowest BCUT2D eigenvalue weighted by Crippen LogP contribution is -2.37. The van der Waals surface area contributed by atoms with Crippen LogP contribution in [-0.2, 0) is 6.54 Å². The van der Waals surface area contributed by atoms with E-state index in [0.29, 0.717) is 18.2 Å². The van der Waals surface area contributed by atoms with Gasteiger partial charge in [0, 0.05) is 30.9 Å². The molecule has 0 radical (unpaired) electrons. The van der Waals surface area contributed by atoms with E-state index in [1.54, 1.807) is 18.3 Å². The highest BCUT2D eigenvalue weighted by Crippen LogP contribution is 2.23. The Morgan fingerprint density at radius 2 is 2.04 bits per heavy atom. The summed E-state index contributed by atoms with van der Waals surface area (Å²) in [5, 5.41) is 6.44. The molecular formula is C18H24FIN4O. The smallest absolute Gasteiger partial charge is 0.224 e. The number of halogens is 2. The van der Waals surface area contributed by atoms with Crippen LogP contribution in [0.15, 0.2) is 47.6 Å². The maximum absolute atomic E-state index is 13.3. The third-order valence-corrected chi connectivity index (χ3v) is 3.15. The molecule has 0 aliphatic rings. The summed E-state index contributed by atoms with van der Waals surface area (Å²) in [4.78, 5) is 8.78. The summed E-state index contributed by atoms with van der Waals surface area (Å²) < 4.78 is 19.0. The number of rotatable bonds is 7. The van der Waals surface area contributed by atoms with Gasteiger partial charge in [0.15, 0.2) is 5.96 Å². The molecule has 0 unspecified atom stereocenters. The van der Waals surface area contributed by atoms with Crippen molar-refractivity contribution in [3.63, 3.8) is 0 Å². The molecule has 25 heavy (non-hydrogen) atoms. The zero-order valence-electron chi connectivity index (χ0n) is 14.5. The molecule has 0 aliphatic heterocycles. The number of guanidine groups is 1. The van der Waals surface area contributed by atoms with Gasteiger partial charge in [-0.1, -0.05) is 19.1 Å². The molecule has 1 heterocycles. The van der Waals surface area contributed by atoms with E-state index in [2.05, 4.69) is 27.5 Å². The zero-order valence-corrected chi connectivity index (χ0v) is 16.8. The minimum atomic E-state index is -0.346. The monoisotopic (exact) mass is 458 g/mol. The molecule has 136 valence electrons. The topological polar surface area (TPSA) is 58.5 Å². The van der Waals surface area contributed by atoms with Crippen molar-refractivity contribution in [3.05, 3.63) is 54.0 Å². The molecule has 5 nitrogen and oxygen atoms in total. The maximum Gasteiger partial charge on any atom is 0.224 e. The molecule has 1 aromatic heterocycles. The second-order valence-corrected chi connectivity index (χ2v) is 5.15. The highest BCUT2D eigenvalue weighted by atomic mass is 127. The predicted octanol–water partition coefficient (Wildman–Crippen LogP) is 4.10. The van der Waals surface area contributed by atoms with Crippen molar-refractivity contribution in [2.24, 2.45) is 4.99 Å². The molecule has 0 atom stereocenters. The summed E-state index contributed by atoms with van der Waals surface area (Å²) >= 11 is 0. The third kappa shape index (κ3) is 7.25. The van der Waals surface area contributed by atoms with E-state index in [-0.39, 0.29) is 29.8 Å². The molecule has 7 heteroatoms. The summed E-state index contributed by atoms with van der Waals surface area (Å²) in [5.41, 5.74) is 0.829. The average molecular weight is 458 g/mol. The highest BCUT2D eigenvalue weighted by molar-refractivity contribution is 14.0. The number of aliphatic imine (C=N–C) groups is 1. The Morgan fingerprint density at radius 3 is 2.76 bits per heavy atom. The van der Waals surface area contributed by atoms with Gasteiger partial charge in [0.25, 0.3) is 0 Å². The lowest BCUT2D eigenvalue weighted by Gasteiger charge is -2.11. The number of hydrogen-bond donors (Lipinski definition) is 2. The Hall–Kier alpha value is -1.90. The molecule has 2 N–H and O–H groups in total. The van der Waals surface area contributed by atoms with Gasteiger partial charge in [-0.2, -0.15) is 0 Å². The first-order valence-electron chi connectivity index (χ1n) is 8.12. The standard InChI is InChI=1S/C18H23FN4O.HI/c1-3-10-22-18(20-4-2)23-13-14-7-6-11-21-17(14)24-16-9-5-8-15(19)12-16;/h5-9,11-12H,3-4,10,13H2,1-2H3,(H2,20,22,23);1H. The van der Waals surface area contributed by atoms with Crippen molar-refractivity contribution in [3.8, 4) is 11.6 Å². The lowest BCUT2D eigenvalue weighted by molar-refractivity contribution is 0.452. The Kier molecular flexibility index (Phi) is 9.83. The number of nitrogens with zero attached hydrogens (tertiary/aromatic N) is 2. The lowest BCUT2D eigenvalue weighted by atomic mass is 10.2. The van der Waals surface area contributed by atoms with Crippen LogP contribution in [0.4, 0.5) is 4.39 Å². The zero-order chi connectivity index (χ0) is 17.2. The first kappa shape index (κ1) is 21.1. The first-order valence-corrected chi connectivity index (χ1v) is 8.12. The highest BCUT2D eigenvalue weighted by Gasteiger charge is 2.07. The van der Waals surface area contributed by atoms with Crippen LogP contribution >= 0.6 is 24.0 Å². The van der Waals surface area contributed by atoms with Crippen LogP contribution in [0.5, 0.6) is 11.6 Å². The molecule has 2 rings (SSSR count). The first-order chi connectivity index (χ1) is 11.7. The summed E-state index contributed by atoms with van der Waals surface area (Å²) in [6.07, 6.45) is 2.66. The van der Waals surface area contributed by atoms with Crippen LogP contribution in [0, 0.1) is 5.82 Å². The van der Waals surface area contributed by atoms with Crippen molar-refractivity contribution < 1.29 is 9.13 Å². The quantitative estimate of drug-likeness (QED) is 0.373. The number of benzene rings is 1. The fourth-order valence-corrected chi connectivity index (χ4v) is 2.03. The van der Waals surface area contributed by atoms with Crippen molar-refractivity contribution in [1.82, 2.24) is 15.6 Å². The second kappa shape index (κ2) is 11.6. The van der Waals surface area contributed by atoms with Crippen molar-refractivity contribution in [2.45, 2.75) is 26.8 Å². The largest absolute Gasteiger partial charge is 0.439 e. The SMILES string of the molecule is CCCNC(=NCc1cccnc1Oc1cccc(F)c1)NCC.I. The molecule has 0 bridgehead atoms. The Labute approximate surface area is 165 Å². The molecule has 0 fully saturated rings. The van der Waals surface area contributed by atoms with E-state index in [1.165, 1.54) is 12.1 Å². The van der Waals surface area contributed by atoms with Crippen molar-refractivity contribution >= 4 is 29.9 Å². The van der Waals surface area contributed by atoms with E-state index >= 15 is 0 Å². The van der Waals surface area contributed by atoms with Crippen LogP contribution in [0.2, 0.25) is 0 Å². The normalized spacial score (nSPS) is 10.8. The minimum absolute atomic E-state index is 0. The summed E-state index contributed by atoms with van der Waals surface area (Å²) in [6.45, 7) is 6.17. The number of aromatic nitrogens is 1. The van der Waals surface area contributed by atoms with Gasteiger partial charge in [0.1, 0.15) is 11.6 Å². The van der Waals surface area contributed by atoms with Crippen LogP contribution in [0.25, 0.3) is 0 Å². The molecule has 1 aromatic carbocycles. The molecule has 0 saturated carbocycles. The van der Waals surface area contributed by atoms with E-state index in [4.69, 9.17) is 4.74 Å². The van der Waals surface area contributed by atoms with Crippen molar-refractivity contribution in [2.75, 3.05) is 13.1 Å². The van der Waals surface area contributed by atoms with Gasteiger partial charge in [-0.3, -0.25) is 0 Å². The van der Waals surface area contributed by atoms with Gasteiger partial charge in [-0.15, -0.1) is 24.0 Å². The van der Waals surface area contributed by atoms with Gasteiger partial charge in [-0.25, -0.2) is 14.4 Å². The summed E-state index contributed by atoms with van der Waals surface area (Å²) in [7, 11) is 0. The van der Waals surface area contributed by atoms with Crippen LogP contribution < -0.4 is 15.4 Å². The molecule has 0 spiro atoms. The van der Waals surface area contributed by atoms with E-state index in [0.717, 1.165) is 31.0 Å². The average Bonchev–Trinajstić information content (AvgIpc) is 2.58. The Balaban J connectivity index is 0.00000312. The van der Waals surface area contributed by atoms with Gasteiger partial charge in [0.2, 0.25) is 5.88 Å². The van der Waals surface area contributed by atoms with E-state index in [1.807, 2.05) is 19.1 Å².